The number of fused-ring (bicyclic) bond motifs is 1. The Balaban J connectivity index is 1.60. The van der Waals surface area contributed by atoms with Gasteiger partial charge in [-0.2, -0.15) is 0 Å². The van der Waals surface area contributed by atoms with Crippen LogP contribution in [0.2, 0.25) is 0 Å². The van der Waals surface area contributed by atoms with Gasteiger partial charge in [0.15, 0.2) is 11.0 Å². The number of hydrogen-bond acceptors (Lipinski definition) is 7. The summed E-state index contributed by atoms with van der Waals surface area (Å²) in [6.45, 7) is 4.68. The number of hydrogen-bond donors (Lipinski definition) is 1. The molecule has 1 N–H and O–H groups in total. The van der Waals surface area contributed by atoms with E-state index in [9.17, 15) is 9.59 Å². The molecule has 0 radical (unpaired) electrons. The van der Waals surface area contributed by atoms with E-state index in [4.69, 9.17) is 4.99 Å². The average Bonchev–Trinajstić information content (AvgIpc) is 3.37. The SMILES string of the molecule is CCNc1ccc(C(C)=O)cc1/N=C1/S/C(=C2\Sc3ccccc3N2C)C(=O)N1Cc1ccccc1. The first-order valence-corrected chi connectivity index (χ1v) is 13.4. The van der Waals surface area contributed by atoms with Gasteiger partial charge in [0.1, 0.15) is 4.91 Å². The minimum Gasteiger partial charge on any atom is -0.384 e. The topological polar surface area (TPSA) is 65.0 Å². The van der Waals surface area contributed by atoms with Gasteiger partial charge in [0, 0.05) is 24.1 Å². The smallest absolute Gasteiger partial charge is 0.269 e. The number of thioether (sulfide) groups is 2. The highest BCUT2D eigenvalue weighted by atomic mass is 32.2. The van der Waals surface area contributed by atoms with E-state index in [0.29, 0.717) is 34.4 Å². The second-order valence-electron chi connectivity index (χ2n) is 8.45. The van der Waals surface area contributed by atoms with E-state index in [1.165, 1.54) is 11.8 Å². The molecule has 2 heterocycles. The largest absolute Gasteiger partial charge is 0.384 e. The molecule has 0 unspecified atom stereocenters. The third kappa shape index (κ3) is 4.66. The van der Waals surface area contributed by atoms with E-state index in [2.05, 4.69) is 22.3 Å². The molecule has 0 aliphatic carbocycles. The molecule has 6 nitrogen and oxygen atoms in total. The fourth-order valence-corrected chi connectivity index (χ4v) is 6.45. The average molecular weight is 515 g/mol. The van der Waals surface area contributed by atoms with E-state index in [-0.39, 0.29) is 11.7 Å². The number of carbonyl (C=O) groups is 2. The minimum absolute atomic E-state index is 0.0275. The first-order valence-electron chi connectivity index (χ1n) is 11.7. The fourth-order valence-electron chi connectivity index (χ4n) is 4.11. The molecular weight excluding hydrogens is 488 g/mol. The molecule has 182 valence electrons. The molecule has 3 aromatic rings. The summed E-state index contributed by atoms with van der Waals surface area (Å²) in [7, 11) is 1.99. The van der Waals surface area contributed by atoms with Crippen molar-refractivity contribution in [2.24, 2.45) is 4.99 Å². The lowest BCUT2D eigenvalue weighted by atomic mass is 10.1. The van der Waals surface area contributed by atoms with E-state index in [1.54, 1.807) is 35.7 Å². The maximum absolute atomic E-state index is 13.8. The van der Waals surface area contributed by atoms with Gasteiger partial charge in [-0.25, -0.2) is 4.99 Å². The van der Waals surface area contributed by atoms with Gasteiger partial charge >= 0.3 is 0 Å². The summed E-state index contributed by atoms with van der Waals surface area (Å²) >= 11 is 2.99. The predicted octanol–water partition coefficient (Wildman–Crippen LogP) is 6.50. The number of aliphatic imine (C=N–C) groups is 1. The fraction of sp³-hybridized carbons (Fsp3) is 0.179. The van der Waals surface area contributed by atoms with Gasteiger partial charge in [-0.05, 0) is 61.5 Å². The Morgan fingerprint density at radius 2 is 1.75 bits per heavy atom. The van der Waals surface area contributed by atoms with Crippen molar-refractivity contribution >= 4 is 57.4 Å². The van der Waals surface area contributed by atoms with Crippen LogP contribution in [0.1, 0.15) is 29.8 Å². The Bertz CT molecular complexity index is 1400. The van der Waals surface area contributed by atoms with Crippen LogP contribution < -0.4 is 10.2 Å². The lowest BCUT2D eigenvalue weighted by Gasteiger charge is -2.17. The zero-order chi connectivity index (χ0) is 25.2. The Morgan fingerprint density at radius 3 is 2.47 bits per heavy atom. The number of anilines is 2. The number of carbonyl (C=O) groups excluding carboxylic acids is 2. The molecule has 0 spiro atoms. The molecule has 1 amide bonds. The molecule has 0 bridgehead atoms. The number of para-hydroxylation sites is 1. The number of benzene rings is 3. The third-order valence-corrected chi connectivity index (χ3v) is 8.40. The predicted molar refractivity (Wildman–Crippen MR) is 150 cm³/mol. The van der Waals surface area contributed by atoms with Crippen molar-refractivity contribution in [1.82, 2.24) is 4.90 Å². The Hall–Kier alpha value is -3.49. The van der Waals surface area contributed by atoms with Crippen molar-refractivity contribution in [3.05, 3.63) is 93.9 Å². The first-order chi connectivity index (χ1) is 17.5. The molecule has 0 saturated carbocycles. The number of amides is 1. The molecule has 0 atom stereocenters. The molecule has 3 aromatic carbocycles. The molecular formula is C28H26N4O2S2. The van der Waals surface area contributed by atoms with Crippen LogP contribution in [0.4, 0.5) is 17.1 Å². The van der Waals surface area contributed by atoms with Crippen LogP contribution in [0.25, 0.3) is 0 Å². The maximum atomic E-state index is 13.8. The monoisotopic (exact) mass is 514 g/mol. The highest BCUT2D eigenvalue weighted by Gasteiger charge is 2.39. The molecule has 1 fully saturated rings. The van der Waals surface area contributed by atoms with Crippen molar-refractivity contribution in [1.29, 1.82) is 0 Å². The Kier molecular flexibility index (Phi) is 6.89. The van der Waals surface area contributed by atoms with Crippen LogP contribution in [0, 0.1) is 0 Å². The normalized spacial score (nSPS) is 18.2. The summed E-state index contributed by atoms with van der Waals surface area (Å²) in [6, 6.07) is 23.5. The van der Waals surface area contributed by atoms with Crippen LogP contribution >= 0.6 is 23.5 Å². The second-order valence-corrected chi connectivity index (χ2v) is 10.5. The molecule has 2 aliphatic heterocycles. The number of Topliss-reactive ketones (excluding diaryl/α,β-unsaturated/α-hetero) is 1. The summed E-state index contributed by atoms with van der Waals surface area (Å²) in [5.74, 6) is -0.0992. The number of rotatable bonds is 6. The molecule has 36 heavy (non-hydrogen) atoms. The van der Waals surface area contributed by atoms with E-state index < -0.39 is 0 Å². The lowest BCUT2D eigenvalue weighted by Crippen LogP contribution is -2.29. The Labute approximate surface area is 219 Å². The van der Waals surface area contributed by atoms with Gasteiger partial charge in [-0.3, -0.25) is 14.5 Å². The van der Waals surface area contributed by atoms with Crippen LogP contribution in [-0.2, 0) is 11.3 Å². The van der Waals surface area contributed by atoms with Crippen molar-refractivity contribution in [2.75, 3.05) is 23.8 Å². The van der Waals surface area contributed by atoms with Crippen molar-refractivity contribution in [3.8, 4) is 0 Å². The summed E-state index contributed by atoms with van der Waals surface area (Å²) in [4.78, 5) is 36.4. The van der Waals surface area contributed by atoms with Crippen molar-refractivity contribution in [3.63, 3.8) is 0 Å². The highest BCUT2D eigenvalue weighted by Crippen LogP contribution is 2.50. The van der Waals surface area contributed by atoms with E-state index in [0.717, 1.165) is 26.9 Å². The molecule has 0 aromatic heterocycles. The van der Waals surface area contributed by atoms with Gasteiger partial charge in [0.05, 0.1) is 28.6 Å². The summed E-state index contributed by atoms with van der Waals surface area (Å²) in [5, 5.41) is 4.82. The maximum Gasteiger partial charge on any atom is 0.269 e. The molecule has 2 aliphatic rings. The molecule has 1 saturated heterocycles. The zero-order valence-electron chi connectivity index (χ0n) is 20.3. The number of nitrogens with zero attached hydrogens (tertiary/aromatic N) is 3. The van der Waals surface area contributed by atoms with Crippen LogP contribution in [0.3, 0.4) is 0 Å². The van der Waals surface area contributed by atoms with Gasteiger partial charge < -0.3 is 10.2 Å². The van der Waals surface area contributed by atoms with Crippen LogP contribution in [0.15, 0.2) is 92.6 Å². The summed E-state index contributed by atoms with van der Waals surface area (Å²) in [5.41, 5.74) is 4.15. The lowest BCUT2D eigenvalue weighted by molar-refractivity contribution is -0.122. The van der Waals surface area contributed by atoms with E-state index in [1.807, 2.05) is 62.5 Å². The van der Waals surface area contributed by atoms with Gasteiger partial charge in [0.2, 0.25) is 0 Å². The van der Waals surface area contributed by atoms with Gasteiger partial charge in [-0.1, -0.05) is 54.2 Å². The number of nitrogens with one attached hydrogen (secondary N) is 1. The molecule has 5 rings (SSSR count). The molecule has 8 heteroatoms. The third-order valence-electron chi connectivity index (χ3n) is 5.97. The van der Waals surface area contributed by atoms with Crippen LogP contribution in [-0.4, -0.2) is 35.4 Å². The zero-order valence-corrected chi connectivity index (χ0v) is 22.0. The van der Waals surface area contributed by atoms with E-state index >= 15 is 0 Å². The van der Waals surface area contributed by atoms with Gasteiger partial charge in [-0.15, -0.1) is 0 Å². The quantitative estimate of drug-likeness (QED) is 0.299. The Morgan fingerprint density at radius 1 is 1.00 bits per heavy atom. The second kappa shape index (κ2) is 10.2. The standard InChI is InChI=1S/C28H26N4O2S2/c1-4-29-21-15-14-20(18(2)33)16-22(21)30-28-32(17-19-10-6-5-7-11-19)26(34)25(36-28)27-31(3)23-12-8-9-13-24(23)35-27/h5-16,29H,4,17H2,1-3H3/b27-25-,30-28+. The van der Waals surface area contributed by atoms with Crippen LogP contribution in [0.5, 0.6) is 0 Å². The highest BCUT2D eigenvalue weighted by molar-refractivity contribution is 8.19. The first kappa shape index (κ1) is 24.2. The van der Waals surface area contributed by atoms with Gasteiger partial charge in [0.25, 0.3) is 5.91 Å². The number of ketones is 1. The van der Waals surface area contributed by atoms with Crippen molar-refractivity contribution < 1.29 is 9.59 Å². The van der Waals surface area contributed by atoms with Crippen molar-refractivity contribution in [2.45, 2.75) is 25.3 Å². The summed E-state index contributed by atoms with van der Waals surface area (Å²) in [6.07, 6.45) is 0. The summed E-state index contributed by atoms with van der Waals surface area (Å²) < 4.78 is 0. The number of amidine groups is 1. The minimum atomic E-state index is -0.0718.